The molecule has 0 aliphatic heterocycles. The first kappa shape index (κ1) is 24.0. The van der Waals surface area contributed by atoms with Gasteiger partial charge in [0.2, 0.25) is 10.0 Å². The van der Waals surface area contributed by atoms with E-state index in [0.717, 1.165) is 35.8 Å². The zero-order valence-corrected chi connectivity index (χ0v) is 20.1. The van der Waals surface area contributed by atoms with Crippen molar-refractivity contribution in [3.8, 4) is 0 Å². The van der Waals surface area contributed by atoms with Crippen LogP contribution in [-0.2, 0) is 43.6 Å². The first-order valence-electron chi connectivity index (χ1n) is 11.4. The topological polar surface area (TPSA) is 106 Å². The van der Waals surface area contributed by atoms with Crippen LogP contribution in [0.25, 0.3) is 11.0 Å². The van der Waals surface area contributed by atoms with E-state index in [2.05, 4.69) is 11.4 Å². The number of rotatable bonds is 9. The molecule has 1 N–H and O–H groups in total. The summed E-state index contributed by atoms with van der Waals surface area (Å²) in [4.78, 5) is 24.7. The van der Waals surface area contributed by atoms with E-state index in [1.165, 1.54) is 27.6 Å². The van der Waals surface area contributed by atoms with Crippen LogP contribution in [0.4, 0.5) is 5.69 Å². The molecule has 4 rings (SSSR count). The smallest absolute Gasteiger partial charge is 0.310 e. The Morgan fingerprint density at radius 3 is 2.56 bits per heavy atom. The van der Waals surface area contributed by atoms with Gasteiger partial charge in [-0.1, -0.05) is 19.9 Å². The van der Waals surface area contributed by atoms with Crippen molar-refractivity contribution in [2.75, 3.05) is 25.0 Å². The number of esters is 1. The van der Waals surface area contributed by atoms with E-state index < -0.39 is 28.5 Å². The van der Waals surface area contributed by atoms with E-state index in [0.29, 0.717) is 18.8 Å². The van der Waals surface area contributed by atoms with Gasteiger partial charge in [0.25, 0.3) is 5.91 Å². The Kier molecular flexibility index (Phi) is 7.04. The molecule has 0 fully saturated rings. The number of hydrogen-bond donors (Lipinski definition) is 1. The van der Waals surface area contributed by atoms with Gasteiger partial charge in [0, 0.05) is 29.7 Å². The molecule has 8 nitrogen and oxygen atoms in total. The zero-order valence-electron chi connectivity index (χ0n) is 19.3. The van der Waals surface area contributed by atoms with Crippen LogP contribution in [0.5, 0.6) is 0 Å². The van der Waals surface area contributed by atoms with Crippen LogP contribution in [0.3, 0.4) is 0 Å². The highest BCUT2D eigenvalue weighted by Gasteiger charge is 2.22. The maximum absolute atomic E-state index is 12.7. The van der Waals surface area contributed by atoms with E-state index in [4.69, 9.17) is 9.15 Å². The molecule has 34 heavy (non-hydrogen) atoms. The third kappa shape index (κ3) is 5.00. The van der Waals surface area contributed by atoms with Gasteiger partial charge in [-0.2, -0.15) is 4.31 Å². The second-order valence-corrected chi connectivity index (χ2v) is 10.2. The second kappa shape index (κ2) is 9.99. The number of amides is 1. The third-order valence-corrected chi connectivity index (χ3v) is 8.07. The first-order valence-corrected chi connectivity index (χ1v) is 12.8. The zero-order chi connectivity index (χ0) is 24.3. The third-order valence-electron chi connectivity index (χ3n) is 6.03. The summed E-state index contributed by atoms with van der Waals surface area (Å²) in [5, 5.41) is 3.48. The summed E-state index contributed by atoms with van der Waals surface area (Å²) < 4.78 is 37.5. The van der Waals surface area contributed by atoms with Crippen LogP contribution in [0, 0.1) is 0 Å². The van der Waals surface area contributed by atoms with Crippen LogP contribution >= 0.6 is 0 Å². The first-order chi connectivity index (χ1) is 16.3. The molecule has 0 unspecified atom stereocenters. The molecular weight excluding hydrogens is 456 g/mol. The van der Waals surface area contributed by atoms with E-state index >= 15 is 0 Å². The molecular formula is C25H28N2O6S. The average molecular weight is 485 g/mol. The van der Waals surface area contributed by atoms with E-state index in [1.54, 1.807) is 32.2 Å². The second-order valence-electron chi connectivity index (χ2n) is 8.23. The molecule has 0 radical (unpaired) electrons. The predicted molar refractivity (Wildman–Crippen MR) is 128 cm³/mol. The molecule has 1 aliphatic rings. The molecule has 9 heteroatoms. The molecule has 1 heterocycles. The van der Waals surface area contributed by atoms with Gasteiger partial charge in [-0.3, -0.25) is 9.59 Å². The molecule has 1 amide bonds. The summed E-state index contributed by atoms with van der Waals surface area (Å²) in [6.07, 6.45) is 4.75. The van der Waals surface area contributed by atoms with Crippen LogP contribution in [0.2, 0.25) is 0 Å². The van der Waals surface area contributed by atoms with E-state index in [-0.39, 0.29) is 11.3 Å². The highest BCUT2D eigenvalue weighted by atomic mass is 32.2. The molecule has 1 aliphatic carbocycles. The van der Waals surface area contributed by atoms with Crippen molar-refractivity contribution >= 4 is 38.6 Å². The number of carbonyl (C=O) groups excluding carboxylic acids is 2. The molecule has 2 aromatic carbocycles. The number of sulfonamides is 1. The Hall–Kier alpha value is -3.17. The highest BCUT2D eigenvalue weighted by Crippen LogP contribution is 2.30. The average Bonchev–Trinajstić information content (AvgIpc) is 3.43. The molecule has 180 valence electrons. The maximum Gasteiger partial charge on any atom is 0.310 e. The molecule has 0 bridgehead atoms. The fourth-order valence-corrected chi connectivity index (χ4v) is 5.79. The monoisotopic (exact) mass is 484 g/mol. The van der Waals surface area contributed by atoms with Crippen molar-refractivity contribution in [3.05, 3.63) is 59.4 Å². The molecule has 0 saturated carbocycles. The fourth-order valence-electron chi connectivity index (χ4n) is 4.28. The standard InChI is InChI=1S/C25H28N2O6S/c1-3-27(4-2)34(30,31)21-10-6-9-20(14-21)26-24(28)16-33-25(29)13-19-15-32-23-12-18-8-5-7-17(18)11-22(19)23/h6,9-12,14-15H,3-5,7-8,13,16H2,1-2H3,(H,26,28). The molecule has 3 aromatic rings. The fraction of sp³-hybridized carbons (Fsp3) is 0.360. The quantitative estimate of drug-likeness (QED) is 0.465. The summed E-state index contributed by atoms with van der Waals surface area (Å²) in [7, 11) is -3.65. The number of hydrogen-bond acceptors (Lipinski definition) is 6. The number of carbonyl (C=O) groups is 2. The molecule has 0 saturated heterocycles. The van der Waals surface area contributed by atoms with Gasteiger partial charge >= 0.3 is 5.97 Å². The molecule has 0 atom stereocenters. The normalized spacial score (nSPS) is 13.3. The Bertz CT molecular complexity index is 1320. The Morgan fingerprint density at radius 1 is 1.09 bits per heavy atom. The Morgan fingerprint density at radius 2 is 1.82 bits per heavy atom. The van der Waals surface area contributed by atoms with E-state index in [9.17, 15) is 18.0 Å². The van der Waals surface area contributed by atoms with Crippen molar-refractivity contribution in [2.24, 2.45) is 0 Å². The Balaban J connectivity index is 1.35. The molecule has 1 aromatic heterocycles. The van der Waals surface area contributed by atoms with Gasteiger partial charge in [0.1, 0.15) is 5.58 Å². The lowest BCUT2D eigenvalue weighted by Gasteiger charge is -2.18. The number of nitrogens with zero attached hydrogens (tertiary/aromatic N) is 1. The number of nitrogens with one attached hydrogen (secondary N) is 1. The van der Waals surface area contributed by atoms with Crippen LogP contribution in [0.1, 0.15) is 37.0 Å². The van der Waals surface area contributed by atoms with Crippen LogP contribution in [-0.4, -0.2) is 44.3 Å². The lowest BCUT2D eigenvalue weighted by molar-refractivity contribution is -0.146. The number of anilines is 1. The molecule has 0 spiro atoms. The Labute approximate surface area is 198 Å². The van der Waals surface area contributed by atoms with Gasteiger partial charge in [-0.05, 0) is 60.7 Å². The number of fused-ring (bicyclic) bond motifs is 2. The SMILES string of the molecule is CCN(CC)S(=O)(=O)c1cccc(NC(=O)COC(=O)Cc2coc3cc4c(cc23)CCC4)c1. The van der Waals surface area contributed by atoms with Crippen LogP contribution in [0.15, 0.2) is 52.0 Å². The number of benzene rings is 2. The van der Waals surface area contributed by atoms with Gasteiger partial charge < -0.3 is 14.5 Å². The minimum Gasteiger partial charge on any atom is -0.464 e. The largest absolute Gasteiger partial charge is 0.464 e. The van der Waals surface area contributed by atoms with Gasteiger partial charge in [-0.15, -0.1) is 0 Å². The summed E-state index contributed by atoms with van der Waals surface area (Å²) in [6, 6.07) is 10.1. The van der Waals surface area contributed by atoms with Gasteiger partial charge in [0.15, 0.2) is 6.61 Å². The van der Waals surface area contributed by atoms with Gasteiger partial charge in [-0.25, -0.2) is 8.42 Å². The van der Waals surface area contributed by atoms with Crippen LogP contribution < -0.4 is 5.32 Å². The van der Waals surface area contributed by atoms with Gasteiger partial charge in [0.05, 0.1) is 17.6 Å². The van der Waals surface area contributed by atoms with Crippen molar-refractivity contribution in [1.29, 1.82) is 0 Å². The lowest BCUT2D eigenvalue weighted by Crippen LogP contribution is -2.30. The van der Waals surface area contributed by atoms with E-state index in [1.807, 2.05) is 6.07 Å². The number of aryl methyl sites for hydroxylation is 2. The highest BCUT2D eigenvalue weighted by molar-refractivity contribution is 7.89. The van der Waals surface area contributed by atoms with Crippen molar-refractivity contribution in [3.63, 3.8) is 0 Å². The number of ether oxygens (including phenoxy) is 1. The summed E-state index contributed by atoms with van der Waals surface area (Å²) in [6.45, 7) is 3.75. The van der Waals surface area contributed by atoms with Crippen molar-refractivity contribution in [1.82, 2.24) is 4.31 Å². The lowest BCUT2D eigenvalue weighted by atomic mass is 10.0. The minimum atomic E-state index is -3.65. The van der Waals surface area contributed by atoms with Crippen molar-refractivity contribution < 1.29 is 27.2 Å². The van der Waals surface area contributed by atoms with Crippen molar-refractivity contribution in [2.45, 2.75) is 44.4 Å². The summed E-state index contributed by atoms with van der Waals surface area (Å²) in [5.41, 5.74) is 4.36. The number of furan rings is 1. The minimum absolute atomic E-state index is 0.00331. The maximum atomic E-state index is 12.7. The summed E-state index contributed by atoms with van der Waals surface area (Å²) in [5.74, 6) is -1.10. The summed E-state index contributed by atoms with van der Waals surface area (Å²) >= 11 is 0. The predicted octanol–water partition coefficient (Wildman–Crippen LogP) is 3.68.